The van der Waals surface area contributed by atoms with Gasteiger partial charge in [0.05, 0.1) is 0 Å². The van der Waals surface area contributed by atoms with Gasteiger partial charge in [0, 0.05) is 40.3 Å². The molecule has 9 aromatic carbocycles. The Balaban J connectivity index is 1.03. The molecule has 0 saturated heterocycles. The fourth-order valence-corrected chi connectivity index (χ4v) is 7.72. The predicted octanol–water partition coefficient (Wildman–Crippen LogP) is 13.9. The summed E-state index contributed by atoms with van der Waals surface area (Å²) in [4.78, 5) is 11.8. The van der Waals surface area contributed by atoms with Crippen molar-refractivity contribution in [2.24, 2.45) is 0 Å². The zero-order chi connectivity index (χ0) is 36.3. The average Bonchev–Trinajstić information content (AvgIpc) is 3.88. The Morgan fingerprint density at radius 3 is 1.51 bits per heavy atom. The molecule has 0 aliphatic rings. The van der Waals surface area contributed by atoms with E-state index in [0.29, 0.717) is 22.9 Å². The van der Waals surface area contributed by atoms with E-state index in [0.717, 1.165) is 50.0 Å². The van der Waals surface area contributed by atoms with E-state index in [9.17, 15) is 0 Å². The molecule has 0 amide bonds. The van der Waals surface area contributed by atoms with Crippen LogP contribution in [0.5, 0.6) is 0 Å². The Labute approximate surface area is 316 Å². The second kappa shape index (κ2) is 12.6. The number of benzene rings is 9. The van der Waals surface area contributed by atoms with E-state index >= 15 is 0 Å². The third-order valence-electron chi connectivity index (χ3n) is 10.4. The molecule has 5 heteroatoms. The van der Waals surface area contributed by atoms with Crippen LogP contribution in [0.1, 0.15) is 0 Å². The fraction of sp³-hybridized carbons (Fsp3) is 0. The highest BCUT2D eigenvalue weighted by molar-refractivity contribution is 6.06. The molecule has 2 aromatic heterocycles. The molecule has 0 fully saturated rings. The fourth-order valence-electron chi connectivity index (χ4n) is 7.72. The van der Waals surface area contributed by atoms with E-state index in [2.05, 4.69) is 120 Å². The van der Waals surface area contributed by atoms with Gasteiger partial charge in [-0.1, -0.05) is 97.1 Å². The minimum Gasteiger partial charge on any atom is -0.436 e. The van der Waals surface area contributed by atoms with Gasteiger partial charge in [0.1, 0.15) is 11.0 Å². The van der Waals surface area contributed by atoms with Gasteiger partial charge in [-0.2, -0.15) is 0 Å². The molecular formula is C50H31N3O2. The second-order valence-corrected chi connectivity index (χ2v) is 13.9. The van der Waals surface area contributed by atoms with Crippen molar-refractivity contribution in [2.75, 3.05) is 4.90 Å². The third-order valence-corrected chi connectivity index (χ3v) is 10.4. The molecule has 0 saturated carbocycles. The van der Waals surface area contributed by atoms with Crippen LogP contribution in [0.3, 0.4) is 0 Å². The predicted molar refractivity (Wildman–Crippen MR) is 225 cm³/mol. The number of oxazole rings is 2. The minimum atomic E-state index is 0.594. The molecule has 258 valence electrons. The van der Waals surface area contributed by atoms with Crippen molar-refractivity contribution in [3.8, 4) is 34.0 Å². The molecule has 2 heterocycles. The first-order valence-electron chi connectivity index (χ1n) is 18.4. The van der Waals surface area contributed by atoms with Crippen molar-refractivity contribution in [3.63, 3.8) is 0 Å². The largest absolute Gasteiger partial charge is 0.436 e. The summed E-state index contributed by atoms with van der Waals surface area (Å²) in [5.74, 6) is 1.19. The van der Waals surface area contributed by atoms with Crippen molar-refractivity contribution in [1.29, 1.82) is 0 Å². The third kappa shape index (κ3) is 5.49. The van der Waals surface area contributed by atoms with E-state index in [-0.39, 0.29) is 0 Å². The molecule has 11 rings (SSSR count). The van der Waals surface area contributed by atoms with Crippen molar-refractivity contribution in [1.82, 2.24) is 9.97 Å². The van der Waals surface area contributed by atoms with Crippen LogP contribution < -0.4 is 4.90 Å². The van der Waals surface area contributed by atoms with Crippen LogP contribution in [0.4, 0.5) is 17.1 Å². The zero-order valence-corrected chi connectivity index (χ0v) is 29.6. The summed E-state index contributed by atoms with van der Waals surface area (Å²) in [6.45, 7) is 0. The SMILES string of the molecule is c1ccc(-c2nc3ccc(N(c4ccc5cc(-c6cccc7cc8ccccc8cc67)ccc5c4)c4ccc5nc(-c6ccccc6)oc5c4)cc3o2)cc1. The average molecular weight is 706 g/mol. The molecular weight excluding hydrogens is 675 g/mol. The molecule has 0 N–H and O–H groups in total. The van der Waals surface area contributed by atoms with Gasteiger partial charge in [-0.25, -0.2) is 9.97 Å². The molecule has 0 bridgehead atoms. The van der Waals surface area contributed by atoms with Gasteiger partial charge in [-0.05, 0) is 122 Å². The lowest BCUT2D eigenvalue weighted by Crippen LogP contribution is -2.09. The lowest BCUT2D eigenvalue weighted by atomic mass is 9.94. The van der Waals surface area contributed by atoms with Crippen molar-refractivity contribution < 1.29 is 8.83 Å². The molecule has 0 atom stereocenters. The monoisotopic (exact) mass is 705 g/mol. The summed E-state index contributed by atoms with van der Waals surface area (Å²) in [5, 5.41) is 7.28. The van der Waals surface area contributed by atoms with E-state index in [1.54, 1.807) is 0 Å². The first kappa shape index (κ1) is 31.1. The van der Waals surface area contributed by atoms with Gasteiger partial charge < -0.3 is 13.7 Å². The first-order chi connectivity index (χ1) is 27.2. The van der Waals surface area contributed by atoms with Crippen LogP contribution in [-0.4, -0.2) is 9.97 Å². The van der Waals surface area contributed by atoms with Crippen LogP contribution in [0.2, 0.25) is 0 Å². The van der Waals surface area contributed by atoms with E-state index in [4.69, 9.17) is 18.8 Å². The van der Waals surface area contributed by atoms with Crippen molar-refractivity contribution >= 4 is 71.6 Å². The Bertz CT molecular complexity index is 3100. The summed E-state index contributed by atoms with van der Waals surface area (Å²) in [7, 11) is 0. The Hall–Kier alpha value is -7.50. The molecule has 0 spiro atoms. The van der Waals surface area contributed by atoms with E-state index in [1.165, 1.54) is 32.7 Å². The number of nitrogens with zero attached hydrogens (tertiary/aromatic N) is 3. The van der Waals surface area contributed by atoms with E-state index < -0.39 is 0 Å². The number of fused-ring (bicyclic) bond motifs is 5. The standard InChI is InChI=1S/C50H31N3O2/c1-3-10-32(11-4-1)49-51-45-24-22-41(30-47(45)54-49)53(42-23-25-46-48(31-42)55-50(52-46)33-12-5-2-6-13-33)40-21-20-36-27-39(19-18-37(36)28-40)43-17-9-16-38-26-34-14-7-8-15-35(34)29-44(38)43/h1-31H. The van der Waals surface area contributed by atoms with Gasteiger partial charge in [0.15, 0.2) is 11.2 Å². The summed E-state index contributed by atoms with van der Waals surface area (Å²) in [5.41, 5.74) is 10.2. The molecule has 11 aromatic rings. The highest BCUT2D eigenvalue weighted by Crippen LogP contribution is 2.41. The van der Waals surface area contributed by atoms with Crippen molar-refractivity contribution in [2.45, 2.75) is 0 Å². The highest BCUT2D eigenvalue weighted by Gasteiger charge is 2.19. The van der Waals surface area contributed by atoms with Crippen LogP contribution in [-0.2, 0) is 0 Å². The van der Waals surface area contributed by atoms with Gasteiger partial charge in [0.2, 0.25) is 11.8 Å². The maximum absolute atomic E-state index is 6.35. The quantitative estimate of drug-likeness (QED) is 0.161. The summed E-state index contributed by atoms with van der Waals surface area (Å²) in [6.07, 6.45) is 0. The molecule has 0 unspecified atom stereocenters. The van der Waals surface area contributed by atoms with Gasteiger partial charge >= 0.3 is 0 Å². The number of aromatic nitrogens is 2. The Morgan fingerprint density at radius 1 is 0.345 bits per heavy atom. The molecule has 0 radical (unpaired) electrons. The van der Waals surface area contributed by atoms with Crippen LogP contribution >= 0.6 is 0 Å². The highest BCUT2D eigenvalue weighted by atomic mass is 16.4. The van der Waals surface area contributed by atoms with Crippen LogP contribution in [0, 0.1) is 0 Å². The number of hydrogen-bond acceptors (Lipinski definition) is 5. The number of rotatable bonds is 6. The molecule has 0 aliphatic carbocycles. The topological polar surface area (TPSA) is 55.3 Å². The van der Waals surface area contributed by atoms with Crippen molar-refractivity contribution in [3.05, 3.63) is 188 Å². The zero-order valence-electron chi connectivity index (χ0n) is 29.6. The van der Waals surface area contributed by atoms with Crippen LogP contribution in [0.15, 0.2) is 197 Å². The minimum absolute atomic E-state index is 0.594. The Kier molecular flexibility index (Phi) is 7.10. The maximum Gasteiger partial charge on any atom is 0.227 e. The maximum atomic E-state index is 6.35. The van der Waals surface area contributed by atoms with Gasteiger partial charge in [-0.15, -0.1) is 0 Å². The summed E-state index contributed by atoms with van der Waals surface area (Å²) >= 11 is 0. The lowest BCUT2D eigenvalue weighted by Gasteiger charge is -2.25. The smallest absolute Gasteiger partial charge is 0.227 e. The van der Waals surface area contributed by atoms with Gasteiger partial charge in [-0.3, -0.25) is 0 Å². The lowest BCUT2D eigenvalue weighted by molar-refractivity contribution is 0.620. The Morgan fingerprint density at radius 2 is 0.855 bits per heavy atom. The van der Waals surface area contributed by atoms with E-state index in [1.807, 2.05) is 72.8 Å². The van der Waals surface area contributed by atoms with Gasteiger partial charge in [0.25, 0.3) is 0 Å². The first-order valence-corrected chi connectivity index (χ1v) is 18.4. The molecule has 5 nitrogen and oxygen atoms in total. The molecule has 0 aliphatic heterocycles. The normalized spacial score (nSPS) is 11.6. The van der Waals surface area contributed by atoms with Crippen LogP contribution in [0.25, 0.3) is 88.6 Å². The number of hydrogen-bond donors (Lipinski definition) is 0. The molecule has 55 heavy (non-hydrogen) atoms. The summed E-state index contributed by atoms with van der Waals surface area (Å²) in [6, 6.07) is 65.5. The summed E-state index contributed by atoms with van der Waals surface area (Å²) < 4.78 is 12.7. The second-order valence-electron chi connectivity index (χ2n) is 13.9. The number of anilines is 3.